The molecule has 0 aliphatic carbocycles. The number of hydrogen-bond donors (Lipinski definition) is 0. The first-order valence-electron chi connectivity index (χ1n) is 5.24. The van der Waals surface area contributed by atoms with Crippen LogP contribution >= 0.6 is 0 Å². The molecular formula is C12H11F3N2O. The number of benzene rings is 1. The van der Waals surface area contributed by atoms with Gasteiger partial charge >= 0.3 is 6.18 Å². The van der Waals surface area contributed by atoms with Gasteiger partial charge in [0.1, 0.15) is 5.75 Å². The molecule has 0 unspecified atom stereocenters. The van der Waals surface area contributed by atoms with Crippen LogP contribution in [0, 0.1) is 0 Å². The highest BCUT2D eigenvalue weighted by atomic mass is 19.4. The van der Waals surface area contributed by atoms with E-state index in [4.69, 9.17) is 0 Å². The minimum absolute atomic E-state index is 0.193. The quantitative estimate of drug-likeness (QED) is 0.844. The third-order valence-corrected chi connectivity index (χ3v) is 2.37. The van der Waals surface area contributed by atoms with Crippen LogP contribution in [0.2, 0.25) is 0 Å². The summed E-state index contributed by atoms with van der Waals surface area (Å²) in [7, 11) is 1.80. The molecule has 0 aliphatic heterocycles. The van der Waals surface area contributed by atoms with Crippen molar-refractivity contribution in [2.75, 3.05) is 6.61 Å². The van der Waals surface area contributed by atoms with Crippen LogP contribution in [0.5, 0.6) is 5.75 Å². The van der Waals surface area contributed by atoms with Gasteiger partial charge in [-0.3, -0.25) is 4.68 Å². The highest BCUT2D eigenvalue weighted by molar-refractivity contribution is 5.60. The first-order valence-corrected chi connectivity index (χ1v) is 5.24. The summed E-state index contributed by atoms with van der Waals surface area (Å²) < 4.78 is 42.2. The Hall–Kier alpha value is -1.98. The zero-order chi connectivity index (χ0) is 13.2. The molecule has 0 spiro atoms. The van der Waals surface area contributed by atoms with Crippen molar-refractivity contribution in [2.45, 2.75) is 6.18 Å². The summed E-state index contributed by atoms with van der Waals surface area (Å²) in [4.78, 5) is 0. The molecule has 0 saturated carbocycles. The number of rotatable bonds is 3. The first kappa shape index (κ1) is 12.5. The maximum Gasteiger partial charge on any atom is 0.422 e. The average Bonchev–Trinajstić information content (AvgIpc) is 2.73. The Morgan fingerprint density at radius 3 is 2.33 bits per heavy atom. The van der Waals surface area contributed by atoms with Crippen molar-refractivity contribution in [3.8, 4) is 17.0 Å². The number of alkyl halides is 3. The van der Waals surface area contributed by atoms with E-state index in [1.807, 2.05) is 6.07 Å². The van der Waals surface area contributed by atoms with Crippen molar-refractivity contribution in [1.82, 2.24) is 9.78 Å². The summed E-state index contributed by atoms with van der Waals surface area (Å²) in [5.41, 5.74) is 1.76. The van der Waals surface area contributed by atoms with E-state index in [1.54, 1.807) is 30.1 Å². The fraction of sp³-hybridized carbons (Fsp3) is 0.250. The summed E-state index contributed by atoms with van der Waals surface area (Å²) >= 11 is 0. The van der Waals surface area contributed by atoms with Crippen LogP contribution in [0.3, 0.4) is 0 Å². The molecule has 1 heterocycles. The number of nitrogens with zero attached hydrogens (tertiary/aromatic N) is 2. The number of aromatic nitrogens is 2. The van der Waals surface area contributed by atoms with Crippen molar-refractivity contribution < 1.29 is 17.9 Å². The lowest BCUT2D eigenvalue weighted by Crippen LogP contribution is -2.19. The summed E-state index contributed by atoms with van der Waals surface area (Å²) in [5.74, 6) is 0.193. The van der Waals surface area contributed by atoms with Gasteiger partial charge in [0.25, 0.3) is 0 Å². The van der Waals surface area contributed by atoms with Gasteiger partial charge in [-0.15, -0.1) is 0 Å². The largest absolute Gasteiger partial charge is 0.484 e. The Morgan fingerprint density at radius 2 is 1.83 bits per heavy atom. The lowest BCUT2D eigenvalue weighted by molar-refractivity contribution is -0.153. The van der Waals surface area contributed by atoms with E-state index in [0.29, 0.717) is 0 Å². The minimum atomic E-state index is -4.32. The molecule has 0 bridgehead atoms. The molecule has 6 heteroatoms. The topological polar surface area (TPSA) is 27.1 Å². The Balaban J connectivity index is 2.09. The highest BCUT2D eigenvalue weighted by Crippen LogP contribution is 2.23. The predicted octanol–water partition coefficient (Wildman–Crippen LogP) is 3.03. The minimum Gasteiger partial charge on any atom is -0.484 e. The summed E-state index contributed by atoms with van der Waals surface area (Å²) in [5, 5.41) is 4.02. The Bertz CT molecular complexity index is 517. The third-order valence-electron chi connectivity index (χ3n) is 2.37. The van der Waals surface area contributed by atoms with Crippen LogP contribution in [0.15, 0.2) is 36.5 Å². The Morgan fingerprint density at radius 1 is 1.17 bits per heavy atom. The van der Waals surface area contributed by atoms with Crippen LogP contribution in [-0.4, -0.2) is 22.6 Å². The molecule has 0 saturated heterocycles. The summed E-state index contributed by atoms with van der Waals surface area (Å²) in [6.45, 7) is -1.28. The molecule has 1 aromatic carbocycles. The SMILES string of the molecule is Cn1nccc1-c1ccc(OCC(F)(F)F)cc1. The molecule has 0 atom stereocenters. The van der Waals surface area contributed by atoms with E-state index < -0.39 is 12.8 Å². The van der Waals surface area contributed by atoms with Crippen molar-refractivity contribution >= 4 is 0 Å². The molecular weight excluding hydrogens is 245 g/mol. The fourth-order valence-corrected chi connectivity index (χ4v) is 1.54. The second-order valence-corrected chi connectivity index (χ2v) is 3.77. The zero-order valence-corrected chi connectivity index (χ0v) is 9.61. The van der Waals surface area contributed by atoms with Crippen LogP contribution in [0.4, 0.5) is 13.2 Å². The van der Waals surface area contributed by atoms with E-state index in [2.05, 4.69) is 9.84 Å². The lowest BCUT2D eigenvalue weighted by Gasteiger charge is -2.09. The molecule has 0 aliphatic rings. The lowest BCUT2D eigenvalue weighted by atomic mass is 10.1. The summed E-state index contributed by atoms with van der Waals surface area (Å²) in [6.07, 6.45) is -2.66. The van der Waals surface area contributed by atoms with Gasteiger partial charge in [0.05, 0.1) is 5.69 Å². The van der Waals surface area contributed by atoms with Crippen molar-refractivity contribution in [2.24, 2.45) is 7.05 Å². The highest BCUT2D eigenvalue weighted by Gasteiger charge is 2.28. The van der Waals surface area contributed by atoms with Gasteiger partial charge in [-0.25, -0.2) is 0 Å². The van der Waals surface area contributed by atoms with E-state index in [-0.39, 0.29) is 5.75 Å². The molecule has 96 valence electrons. The second-order valence-electron chi connectivity index (χ2n) is 3.77. The smallest absolute Gasteiger partial charge is 0.422 e. The molecule has 0 amide bonds. The van der Waals surface area contributed by atoms with Gasteiger partial charge in [0.2, 0.25) is 0 Å². The van der Waals surface area contributed by atoms with Crippen LogP contribution in [0.1, 0.15) is 0 Å². The number of hydrogen-bond acceptors (Lipinski definition) is 2. The van der Waals surface area contributed by atoms with Crippen LogP contribution < -0.4 is 4.74 Å². The monoisotopic (exact) mass is 256 g/mol. The fourth-order valence-electron chi connectivity index (χ4n) is 1.54. The first-order chi connectivity index (χ1) is 8.46. The Labute approximate surface area is 102 Å². The van der Waals surface area contributed by atoms with Gasteiger partial charge in [-0.05, 0) is 30.3 Å². The van der Waals surface area contributed by atoms with Crippen LogP contribution in [0.25, 0.3) is 11.3 Å². The predicted molar refractivity (Wildman–Crippen MR) is 60.2 cm³/mol. The van der Waals surface area contributed by atoms with Crippen LogP contribution in [-0.2, 0) is 7.05 Å². The number of ether oxygens (including phenoxy) is 1. The molecule has 18 heavy (non-hydrogen) atoms. The average molecular weight is 256 g/mol. The Kier molecular flexibility index (Phi) is 3.27. The number of halogens is 3. The molecule has 3 nitrogen and oxygen atoms in total. The normalized spacial score (nSPS) is 11.6. The van der Waals surface area contributed by atoms with Crippen molar-refractivity contribution in [3.63, 3.8) is 0 Å². The number of aryl methyl sites for hydroxylation is 1. The maximum atomic E-state index is 12.0. The molecule has 0 radical (unpaired) electrons. The van der Waals surface area contributed by atoms with E-state index in [0.717, 1.165) is 11.3 Å². The maximum absolute atomic E-state index is 12.0. The van der Waals surface area contributed by atoms with Gasteiger partial charge in [0, 0.05) is 18.8 Å². The molecule has 1 aromatic heterocycles. The molecule has 0 N–H and O–H groups in total. The summed E-state index contributed by atoms with van der Waals surface area (Å²) in [6, 6.07) is 8.24. The van der Waals surface area contributed by atoms with Crippen molar-refractivity contribution in [1.29, 1.82) is 0 Å². The van der Waals surface area contributed by atoms with E-state index in [1.165, 1.54) is 12.1 Å². The molecule has 2 rings (SSSR count). The van der Waals surface area contributed by atoms with Gasteiger partial charge in [-0.1, -0.05) is 0 Å². The van der Waals surface area contributed by atoms with Gasteiger partial charge in [0.15, 0.2) is 6.61 Å². The second kappa shape index (κ2) is 4.72. The van der Waals surface area contributed by atoms with Gasteiger partial charge < -0.3 is 4.74 Å². The molecule has 0 fully saturated rings. The third kappa shape index (κ3) is 3.03. The van der Waals surface area contributed by atoms with Crippen molar-refractivity contribution in [3.05, 3.63) is 36.5 Å². The zero-order valence-electron chi connectivity index (χ0n) is 9.61. The van der Waals surface area contributed by atoms with Gasteiger partial charge in [-0.2, -0.15) is 18.3 Å². The molecule has 2 aromatic rings. The van der Waals surface area contributed by atoms with E-state index >= 15 is 0 Å². The van der Waals surface area contributed by atoms with E-state index in [9.17, 15) is 13.2 Å². The standard InChI is InChI=1S/C12H11F3N2O/c1-17-11(6-7-16-17)9-2-4-10(5-3-9)18-8-12(13,14)15/h2-7H,8H2,1H3.